The summed E-state index contributed by atoms with van der Waals surface area (Å²) in [5.74, 6) is 2.13. The number of rotatable bonds is 7. The maximum Gasteiger partial charge on any atom is 0.270 e. The zero-order valence-corrected chi connectivity index (χ0v) is 15.5. The van der Waals surface area contributed by atoms with Gasteiger partial charge in [0.05, 0.1) is 6.10 Å². The summed E-state index contributed by atoms with van der Waals surface area (Å²) < 4.78 is 5.63. The molecule has 1 amide bonds. The quantitative estimate of drug-likeness (QED) is 0.802. The van der Waals surface area contributed by atoms with Gasteiger partial charge in [-0.05, 0) is 51.0 Å². The zero-order chi connectivity index (χ0) is 18.4. The molecule has 0 aliphatic rings. The lowest BCUT2D eigenvalue weighted by atomic mass is 10.2. The Morgan fingerprint density at radius 1 is 1.12 bits per heavy atom. The van der Waals surface area contributed by atoms with Gasteiger partial charge in [-0.3, -0.25) is 4.79 Å². The molecule has 1 aromatic heterocycles. The molecule has 0 saturated heterocycles. The van der Waals surface area contributed by atoms with E-state index in [1.165, 1.54) is 0 Å². The van der Waals surface area contributed by atoms with Crippen molar-refractivity contribution >= 4 is 17.4 Å². The van der Waals surface area contributed by atoms with E-state index in [1.807, 2.05) is 52.0 Å². The van der Waals surface area contributed by atoms with Crippen LogP contribution in [0.2, 0.25) is 0 Å². The van der Waals surface area contributed by atoms with Crippen LogP contribution < -0.4 is 15.4 Å². The fourth-order valence-corrected chi connectivity index (χ4v) is 2.17. The summed E-state index contributed by atoms with van der Waals surface area (Å²) in [6.07, 6.45) is 0.134. The van der Waals surface area contributed by atoms with Gasteiger partial charge in [-0.1, -0.05) is 13.8 Å². The third-order valence-corrected chi connectivity index (χ3v) is 3.24. The van der Waals surface area contributed by atoms with E-state index >= 15 is 0 Å². The topological polar surface area (TPSA) is 76.1 Å². The standard InChI is InChI=1S/C19H26N4O2/c1-12(2)11-20-19(24)17-10-18(22-14(5)21-17)23-15-6-8-16(9-7-15)25-13(3)4/h6-10,12-13H,11H2,1-5H3,(H,20,24)(H,21,22,23). The Morgan fingerprint density at radius 2 is 1.80 bits per heavy atom. The third kappa shape index (κ3) is 6.06. The average Bonchev–Trinajstić information content (AvgIpc) is 2.53. The average molecular weight is 342 g/mol. The van der Waals surface area contributed by atoms with Crippen molar-refractivity contribution in [2.75, 3.05) is 11.9 Å². The van der Waals surface area contributed by atoms with Gasteiger partial charge in [-0.2, -0.15) is 0 Å². The van der Waals surface area contributed by atoms with Gasteiger partial charge >= 0.3 is 0 Å². The van der Waals surface area contributed by atoms with Crippen molar-refractivity contribution in [3.8, 4) is 5.75 Å². The molecule has 134 valence electrons. The number of hydrogen-bond donors (Lipinski definition) is 2. The van der Waals surface area contributed by atoms with Crippen molar-refractivity contribution < 1.29 is 9.53 Å². The fraction of sp³-hybridized carbons (Fsp3) is 0.421. The minimum atomic E-state index is -0.192. The van der Waals surface area contributed by atoms with Crippen molar-refractivity contribution in [1.82, 2.24) is 15.3 Å². The number of carbonyl (C=O) groups excluding carboxylic acids is 1. The number of nitrogens with zero attached hydrogens (tertiary/aromatic N) is 2. The normalized spacial score (nSPS) is 10.8. The maximum absolute atomic E-state index is 12.2. The van der Waals surface area contributed by atoms with Crippen molar-refractivity contribution in [2.45, 2.75) is 40.7 Å². The lowest BCUT2D eigenvalue weighted by molar-refractivity contribution is 0.0943. The SMILES string of the molecule is Cc1nc(Nc2ccc(OC(C)C)cc2)cc(C(=O)NCC(C)C)n1. The van der Waals surface area contributed by atoms with E-state index in [9.17, 15) is 4.79 Å². The van der Waals surface area contributed by atoms with Gasteiger partial charge in [0.1, 0.15) is 23.1 Å². The maximum atomic E-state index is 12.2. The molecule has 2 rings (SSSR count). The monoisotopic (exact) mass is 342 g/mol. The van der Waals surface area contributed by atoms with Gasteiger partial charge in [-0.15, -0.1) is 0 Å². The Hall–Kier alpha value is -2.63. The Labute approximate surface area is 149 Å². The minimum absolute atomic E-state index is 0.134. The first kappa shape index (κ1) is 18.7. The molecule has 0 bridgehead atoms. The number of aryl methyl sites for hydroxylation is 1. The van der Waals surface area contributed by atoms with Gasteiger partial charge in [0.2, 0.25) is 0 Å². The first-order valence-electron chi connectivity index (χ1n) is 8.51. The predicted octanol–water partition coefficient (Wildman–Crippen LogP) is 3.70. The number of benzene rings is 1. The van der Waals surface area contributed by atoms with E-state index in [1.54, 1.807) is 13.0 Å². The Balaban J connectivity index is 2.10. The van der Waals surface area contributed by atoms with Crippen LogP contribution in [0.25, 0.3) is 0 Å². The second-order valence-corrected chi connectivity index (χ2v) is 6.61. The van der Waals surface area contributed by atoms with Gasteiger partial charge in [-0.25, -0.2) is 9.97 Å². The summed E-state index contributed by atoms with van der Waals surface area (Å²) in [6.45, 7) is 10.5. The van der Waals surface area contributed by atoms with Crippen LogP contribution in [0, 0.1) is 12.8 Å². The lowest BCUT2D eigenvalue weighted by Crippen LogP contribution is -2.28. The molecule has 0 radical (unpaired) electrons. The van der Waals surface area contributed by atoms with E-state index in [-0.39, 0.29) is 12.0 Å². The van der Waals surface area contributed by atoms with Gasteiger partial charge in [0.25, 0.3) is 5.91 Å². The van der Waals surface area contributed by atoms with Gasteiger partial charge < -0.3 is 15.4 Å². The molecule has 0 atom stereocenters. The van der Waals surface area contributed by atoms with Crippen molar-refractivity contribution in [3.63, 3.8) is 0 Å². The minimum Gasteiger partial charge on any atom is -0.491 e. The highest BCUT2D eigenvalue weighted by Gasteiger charge is 2.11. The predicted molar refractivity (Wildman–Crippen MR) is 99.4 cm³/mol. The molecule has 25 heavy (non-hydrogen) atoms. The zero-order valence-electron chi connectivity index (χ0n) is 15.5. The highest BCUT2D eigenvalue weighted by atomic mass is 16.5. The van der Waals surface area contributed by atoms with Crippen LogP contribution in [0.1, 0.15) is 44.0 Å². The summed E-state index contributed by atoms with van der Waals surface area (Å²) in [4.78, 5) is 20.8. The molecule has 0 aliphatic carbocycles. The molecule has 1 heterocycles. The number of ether oxygens (including phenoxy) is 1. The second-order valence-electron chi connectivity index (χ2n) is 6.61. The first-order chi connectivity index (χ1) is 11.8. The number of hydrogen-bond acceptors (Lipinski definition) is 5. The van der Waals surface area contributed by atoms with Crippen LogP contribution in [0.15, 0.2) is 30.3 Å². The number of carbonyl (C=O) groups is 1. The van der Waals surface area contributed by atoms with E-state index in [4.69, 9.17) is 4.74 Å². The van der Waals surface area contributed by atoms with E-state index in [0.717, 1.165) is 11.4 Å². The van der Waals surface area contributed by atoms with Crippen LogP contribution in [-0.2, 0) is 0 Å². The summed E-state index contributed by atoms with van der Waals surface area (Å²) >= 11 is 0. The lowest BCUT2D eigenvalue weighted by Gasteiger charge is -2.12. The molecule has 0 aliphatic heterocycles. The summed E-state index contributed by atoms with van der Waals surface area (Å²) in [6, 6.07) is 9.27. The second kappa shape index (κ2) is 8.46. The molecular weight excluding hydrogens is 316 g/mol. The summed E-state index contributed by atoms with van der Waals surface area (Å²) in [5, 5.41) is 6.07. The molecule has 0 unspecified atom stereocenters. The van der Waals surface area contributed by atoms with Gasteiger partial charge in [0.15, 0.2) is 0 Å². The van der Waals surface area contributed by atoms with Crippen LogP contribution in [0.4, 0.5) is 11.5 Å². The Morgan fingerprint density at radius 3 is 2.40 bits per heavy atom. The smallest absolute Gasteiger partial charge is 0.270 e. The van der Waals surface area contributed by atoms with Crippen molar-refractivity contribution in [2.24, 2.45) is 5.92 Å². The molecule has 6 nitrogen and oxygen atoms in total. The summed E-state index contributed by atoms with van der Waals surface area (Å²) in [5.41, 5.74) is 1.22. The van der Waals surface area contributed by atoms with Crippen molar-refractivity contribution in [3.05, 3.63) is 41.9 Å². The largest absolute Gasteiger partial charge is 0.491 e. The van der Waals surface area contributed by atoms with Crippen molar-refractivity contribution in [1.29, 1.82) is 0 Å². The van der Waals surface area contributed by atoms with E-state index in [0.29, 0.717) is 29.8 Å². The Kier molecular flexibility index (Phi) is 6.33. The molecule has 2 N–H and O–H groups in total. The number of nitrogens with one attached hydrogen (secondary N) is 2. The first-order valence-corrected chi connectivity index (χ1v) is 8.51. The third-order valence-electron chi connectivity index (χ3n) is 3.24. The molecular formula is C19H26N4O2. The fourth-order valence-electron chi connectivity index (χ4n) is 2.17. The highest BCUT2D eigenvalue weighted by molar-refractivity contribution is 5.93. The summed E-state index contributed by atoms with van der Waals surface area (Å²) in [7, 11) is 0. The van der Waals surface area contributed by atoms with Crippen LogP contribution >= 0.6 is 0 Å². The van der Waals surface area contributed by atoms with Crippen LogP contribution in [0.3, 0.4) is 0 Å². The van der Waals surface area contributed by atoms with Crippen LogP contribution in [-0.4, -0.2) is 28.5 Å². The number of aromatic nitrogens is 2. The van der Waals surface area contributed by atoms with Crippen LogP contribution in [0.5, 0.6) is 5.75 Å². The Bertz CT molecular complexity index is 712. The molecule has 1 aromatic carbocycles. The highest BCUT2D eigenvalue weighted by Crippen LogP contribution is 2.20. The molecule has 0 fully saturated rings. The van der Waals surface area contributed by atoms with Gasteiger partial charge in [0, 0.05) is 18.3 Å². The molecule has 2 aromatic rings. The molecule has 0 spiro atoms. The van der Waals surface area contributed by atoms with E-state index < -0.39 is 0 Å². The number of anilines is 2. The van der Waals surface area contributed by atoms with E-state index in [2.05, 4.69) is 20.6 Å². The molecule has 0 saturated carbocycles. The molecule has 6 heteroatoms. The number of amides is 1.